The van der Waals surface area contributed by atoms with Crippen molar-refractivity contribution in [1.29, 1.82) is 10.5 Å². The SMILES string of the molecule is CCc1cccc[n+]1CC#N.CCc1cccc[n+]1CC#N.O=S(=O)([N-]S(=O)(=O)C(F)(F)F)C(F)(F)F.O=S(=O)([N-]S(=O)(=O)C(F)(F)F)C(F)(F)F. The van der Waals surface area contributed by atoms with Crippen molar-refractivity contribution in [1.82, 2.24) is 0 Å². The van der Waals surface area contributed by atoms with Crippen LogP contribution in [0.4, 0.5) is 52.7 Å². The molecule has 0 bridgehead atoms. The number of alkyl halides is 12. The highest BCUT2D eigenvalue weighted by Crippen LogP contribution is 2.37. The normalized spacial score (nSPS) is 12.7. The van der Waals surface area contributed by atoms with Gasteiger partial charge in [0.25, 0.3) is 0 Å². The number of nitriles is 2. The van der Waals surface area contributed by atoms with Crippen LogP contribution in [0.5, 0.6) is 0 Å². The van der Waals surface area contributed by atoms with Gasteiger partial charge in [-0.15, -0.1) is 0 Å². The molecule has 0 spiro atoms. The van der Waals surface area contributed by atoms with Gasteiger partial charge in [0.15, 0.2) is 63.9 Å². The number of nitrogens with zero attached hydrogens (tertiary/aromatic N) is 6. The highest BCUT2D eigenvalue weighted by molar-refractivity contribution is 8.13. The molecule has 0 aromatic carbocycles. The lowest BCUT2D eigenvalue weighted by Crippen LogP contribution is -2.36. The topological polar surface area (TPSA) is 220 Å². The fourth-order valence-electron chi connectivity index (χ4n) is 2.55. The zero-order valence-electron chi connectivity index (χ0n) is 25.6. The third-order valence-electron chi connectivity index (χ3n) is 4.84. The van der Waals surface area contributed by atoms with E-state index in [0.29, 0.717) is 13.1 Å². The van der Waals surface area contributed by atoms with Crippen molar-refractivity contribution in [3.63, 3.8) is 0 Å². The lowest BCUT2D eigenvalue weighted by molar-refractivity contribution is -0.692. The fraction of sp³-hybridized carbons (Fsp3) is 0.455. The number of aryl methyl sites for hydroxylation is 2. The van der Waals surface area contributed by atoms with Crippen LogP contribution in [-0.4, -0.2) is 55.7 Å². The van der Waals surface area contributed by atoms with Crippen LogP contribution in [0.2, 0.25) is 0 Å². The summed E-state index contributed by atoms with van der Waals surface area (Å²) in [6.07, 6.45) is 5.81. The molecule has 0 unspecified atom stereocenters. The van der Waals surface area contributed by atoms with Crippen LogP contribution in [0.15, 0.2) is 48.8 Å². The molecule has 0 saturated heterocycles. The van der Waals surface area contributed by atoms with E-state index in [1.54, 1.807) is 0 Å². The minimum atomic E-state index is -6.72. The Hall–Kier alpha value is -3.84. The summed E-state index contributed by atoms with van der Waals surface area (Å²) >= 11 is 0. The minimum absolute atomic E-state index is 0.448. The molecule has 0 aliphatic heterocycles. The molecule has 2 rings (SSSR count). The second-order valence-corrected chi connectivity index (χ2v) is 15.3. The standard InChI is InChI=1S/2C9H11N2.2C2F6NO4S2/c2*1-2-9-5-3-4-7-11(9)8-6-10;2*3-1(4,5)14(10,11)9-15(12,13)2(6,7)8/h2*3-5,7H,2,8H2,1H3;;/q2*+1;2*-1. The summed E-state index contributed by atoms with van der Waals surface area (Å²) in [5.41, 5.74) is -22.4. The first-order chi connectivity index (χ1) is 23.2. The van der Waals surface area contributed by atoms with Crippen LogP contribution in [-0.2, 0) is 66.0 Å². The van der Waals surface area contributed by atoms with Crippen LogP contribution >= 0.6 is 0 Å². The lowest BCUT2D eigenvalue weighted by Gasteiger charge is -2.22. The van der Waals surface area contributed by atoms with Gasteiger partial charge in [0, 0.05) is 37.1 Å². The predicted molar refractivity (Wildman–Crippen MR) is 150 cm³/mol. The Kier molecular flexibility index (Phi) is 18.7. The summed E-state index contributed by atoms with van der Waals surface area (Å²) in [6.45, 7) is 5.07. The summed E-state index contributed by atoms with van der Waals surface area (Å²) in [5.74, 6) is 0. The van der Waals surface area contributed by atoms with E-state index < -0.39 is 62.1 Å². The van der Waals surface area contributed by atoms with Gasteiger partial charge in [-0.1, -0.05) is 26.0 Å². The summed E-state index contributed by atoms with van der Waals surface area (Å²) in [4.78, 5) is 0. The van der Waals surface area contributed by atoms with Gasteiger partial charge >= 0.3 is 22.0 Å². The summed E-state index contributed by atoms with van der Waals surface area (Å²) in [7, 11) is -26.9. The molecule has 0 atom stereocenters. The number of hydrogen-bond acceptors (Lipinski definition) is 10. The summed E-state index contributed by atoms with van der Waals surface area (Å²) in [5, 5.41) is 16.9. The molecule has 2 aromatic rings. The van der Waals surface area contributed by atoms with E-state index >= 15 is 0 Å². The van der Waals surface area contributed by atoms with E-state index in [4.69, 9.17) is 10.5 Å². The van der Waals surface area contributed by atoms with E-state index in [-0.39, 0.29) is 0 Å². The first-order valence-electron chi connectivity index (χ1n) is 12.6. The Morgan fingerprint density at radius 2 is 0.750 bits per heavy atom. The van der Waals surface area contributed by atoms with Gasteiger partial charge < -0.3 is 8.25 Å². The van der Waals surface area contributed by atoms with Gasteiger partial charge in [0.1, 0.15) is 12.1 Å². The second kappa shape index (κ2) is 19.3. The summed E-state index contributed by atoms with van der Waals surface area (Å²) in [6, 6.07) is 16.2. The Labute approximate surface area is 288 Å². The third-order valence-corrected chi connectivity index (χ3v) is 10.3. The van der Waals surface area contributed by atoms with E-state index in [0.717, 1.165) is 21.1 Å². The molecule has 0 radical (unpaired) electrons. The Bertz CT molecular complexity index is 1780. The lowest BCUT2D eigenvalue weighted by atomic mass is 10.3. The molecular formula is C22H22F12N6O8S4. The first-order valence-corrected chi connectivity index (χ1v) is 18.4. The number of pyridine rings is 2. The highest BCUT2D eigenvalue weighted by atomic mass is 32.3. The number of aromatic nitrogens is 2. The zero-order valence-corrected chi connectivity index (χ0v) is 28.8. The average Bonchev–Trinajstić information content (AvgIpc) is 2.96. The maximum atomic E-state index is 11.4. The van der Waals surface area contributed by atoms with E-state index in [9.17, 15) is 86.4 Å². The summed E-state index contributed by atoms with van der Waals surface area (Å²) < 4.78 is 222. The molecule has 296 valence electrons. The molecule has 2 aromatic heterocycles. The van der Waals surface area contributed by atoms with E-state index in [1.165, 1.54) is 11.4 Å². The zero-order chi connectivity index (χ0) is 41.6. The fourth-order valence-corrected chi connectivity index (χ4v) is 5.97. The third kappa shape index (κ3) is 16.2. The molecule has 0 fully saturated rings. The number of hydrogen-bond donors (Lipinski definition) is 0. The van der Waals surface area contributed by atoms with Gasteiger partial charge in [-0.2, -0.15) is 72.3 Å². The number of halogens is 12. The van der Waals surface area contributed by atoms with Crippen molar-refractivity contribution in [3.05, 3.63) is 68.4 Å². The molecule has 2 heterocycles. The smallest absolute Gasteiger partial charge is 0.421 e. The Balaban J connectivity index is 0. The molecule has 14 nitrogen and oxygen atoms in total. The van der Waals surface area contributed by atoms with Crippen molar-refractivity contribution in [3.8, 4) is 12.1 Å². The van der Waals surface area contributed by atoms with Crippen molar-refractivity contribution in [2.24, 2.45) is 0 Å². The van der Waals surface area contributed by atoms with Crippen LogP contribution in [0, 0.1) is 22.7 Å². The van der Waals surface area contributed by atoms with Gasteiger partial charge in [-0.3, -0.25) is 0 Å². The average molecular weight is 855 g/mol. The van der Waals surface area contributed by atoms with E-state index in [1.807, 2.05) is 57.9 Å². The Morgan fingerprint density at radius 1 is 0.519 bits per heavy atom. The maximum absolute atomic E-state index is 11.4. The molecular weight excluding hydrogens is 833 g/mol. The highest BCUT2D eigenvalue weighted by Gasteiger charge is 2.48. The predicted octanol–water partition coefficient (Wildman–Crippen LogP) is 4.24. The molecule has 0 amide bonds. The largest absolute Gasteiger partial charge is 0.480 e. The van der Waals surface area contributed by atoms with Crippen molar-refractivity contribution >= 4 is 40.1 Å². The quantitative estimate of drug-likeness (QED) is 0.272. The molecule has 52 heavy (non-hydrogen) atoms. The monoisotopic (exact) mass is 854 g/mol. The van der Waals surface area contributed by atoms with E-state index in [2.05, 4.69) is 26.0 Å². The van der Waals surface area contributed by atoms with Gasteiger partial charge in [0.05, 0.1) is 0 Å². The van der Waals surface area contributed by atoms with Gasteiger partial charge in [-0.05, 0) is 0 Å². The molecule has 0 N–H and O–H groups in total. The molecule has 0 aliphatic rings. The minimum Gasteiger partial charge on any atom is -0.421 e. The van der Waals surface area contributed by atoms with Crippen LogP contribution in [0.25, 0.3) is 8.25 Å². The van der Waals surface area contributed by atoms with Crippen LogP contribution < -0.4 is 9.13 Å². The molecule has 0 saturated carbocycles. The van der Waals surface area contributed by atoms with Crippen LogP contribution in [0.3, 0.4) is 0 Å². The second-order valence-electron chi connectivity index (χ2n) is 8.50. The van der Waals surface area contributed by atoms with Gasteiger partial charge in [0.2, 0.25) is 13.1 Å². The molecule has 0 aliphatic carbocycles. The van der Waals surface area contributed by atoms with Crippen molar-refractivity contribution in [2.75, 3.05) is 0 Å². The van der Waals surface area contributed by atoms with Gasteiger partial charge in [-0.25, -0.2) is 33.7 Å². The molecule has 30 heteroatoms. The van der Waals surface area contributed by atoms with Crippen molar-refractivity contribution in [2.45, 2.75) is 61.8 Å². The van der Waals surface area contributed by atoms with Crippen molar-refractivity contribution < 1.29 is 95.5 Å². The maximum Gasteiger partial charge on any atom is 0.480 e. The van der Waals surface area contributed by atoms with Crippen LogP contribution in [0.1, 0.15) is 25.2 Å². The first kappa shape index (κ1) is 50.3. The number of sulfonamides is 4. The number of rotatable bonds is 8. The Morgan fingerprint density at radius 3 is 0.923 bits per heavy atom.